The zero-order chi connectivity index (χ0) is 28.2. The van der Waals surface area contributed by atoms with Gasteiger partial charge < -0.3 is 20.5 Å². The molecule has 0 atom stereocenters. The van der Waals surface area contributed by atoms with Gasteiger partial charge in [0, 0.05) is 26.2 Å². The lowest BCUT2D eigenvalue weighted by Crippen LogP contribution is -2.34. The maximum atomic E-state index is 12.4. The van der Waals surface area contributed by atoms with Crippen LogP contribution in [0.5, 0.6) is 0 Å². The minimum absolute atomic E-state index is 0.0274. The highest BCUT2D eigenvalue weighted by Gasteiger charge is 2.30. The van der Waals surface area contributed by atoms with Gasteiger partial charge in [0.2, 0.25) is 5.91 Å². The summed E-state index contributed by atoms with van der Waals surface area (Å²) < 4.78 is 2.24. The highest BCUT2D eigenvalue weighted by molar-refractivity contribution is 8.04. The minimum atomic E-state index is -0.471. The van der Waals surface area contributed by atoms with Crippen LogP contribution in [0.15, 0.2) is 27.9 Å². The summed E-state index contributed by atoms with van der Waals surface area (Å²) in [6, 6.07) is 3.76. The highest BCUT2D eigenvalue weighted by atomic mass is 32.2. The zero-order valence-corrected chi connectivity index (χ0v) is 23.1. The molecule has 38 heavy (non-hydrogen) atoms. The third-order valence-electron chi connectivity index (χ3n) is 5.00. The summed E-state index contributed by atoms with van der Waals surface area (Å²) in [7, 11) is 0. The molecule has 3 heterocycles. The zero-order valence-electron chi connectivity index (χ0n) is 21.5. The second-order valence-electron chi connectivity index (χ2n) is 7.40. The molecule has 0 unspecified atom stereocenters. The van der Waals surface area contributed by atoms with Gasteiger partial charge in [-0.05, 0) is 33.8 Å². The van der Waals surface area contributed by atoms with E-state index in [2.05, 4.69) is 20.6 Å². The molecule has 1 aliphatic heterocycles. The van der Waals surface area contributed by atoms with Gasteiger partial charge in [0.05, 0.1) is 28.5 Å². The number of H-pyrrole nitrogens is 1. The summed E-state index contributed by atoms with van der Waals surface area (Å²) in [4.78, 5) is 55.7. The maximum Gasteiger partial charge on any atom is 0.269 e. The number of imidazole rings is 1. The lowest BCUT2D eigenvalue weighted by Gasteiger charge is -2.15. The van der Waals surface area contributed by atoms with Crippen LogP contribution in [0, 0.1) is 22.7 Å². The second kappa shape index (κ2) is 14.6. The van der Waals surface area contributed by atoms with Crippen molar-refractivity contribution >= 4 is 52.5 Å². The average Bonchev–Trinajstić information content (AvgIpc) is 3.61. The van der Waals surface area contributed by atoms with Crippen LogP contribution in [-0.4, -0.2) is 62.5 Å². The molecular weight excluding hydrogens is 528 g/mol. The number of nitrogens with one attached hydrogen (secondary N) is 3. The Kier molecular flexibility index (Phi) is 11.5. The van der Waals surface area contributed by atoms with Gasteiger partial charge >= 0.3 is 0 Å². The Morgan fingerprint density at radius 2 is 1.71 bits per heavy atom. The molecule has 0 radical (unpaired) electrons. The van der Waals surface area contributed by atoms with Crippen LogP contribution in [-0.2, 0) is 20.9 Å². The molecule has 12 nitrogen and oxygen atoms in total. The molecule has 14 heteroatoms. The van der Waals surface area contributed by atoms with E-state index in [9.17, 15) is 24.4 Å². The van der Waals surface area contributed by atoms with Gasteiger partial charge in [0.15, 0.2) is 5.57 Å². The third-order valence-corrected chi connectivity index (χ3v) is 7.22. The Bertz CT molecular complexity index is 1470. The highest BCUT2D eigenvalue weighted by Crippen LogP contribution is 2.31. The first kappa shape index (κ1) is 30.1. The quantitative estimate of drug-likeness (QED) is 0.309. The molecule has 2 aromatic rings. The molecule has 1 aliphatic rings. The van der Waals surface area contributed by atoms with E-state index in [1.54, 1.807) is 33.0 Å². The van der Waals surface area contributed by atoms with Crippen molar-refractivity contribution in [3.05, 3.63) is 48.4 Å². The molecule has 0 saturated carbocycles. The summed E-state index contributed by atoms with van der Waals surface area (Å²) in [6.45, 7) is 8.90. The largest absolute Gasteiger partial charge is 0.352 e. The number of nitrogens with zero attached hydrogens (tertiary/aromatic N) is 5. The minimum Gasteiger partial charge on any atom is -0.352 e. The second-order valence-corrected chi connectivity index (χ2v) is 9.39. The predicted molar refractivity (Wildman–Crippen MR) is 145 cm³/mol. The van der Waals surface area contributed by atoms with Crippen LogP contribution >= 0.6 is 23.1 Å². The third kappa shape index (κ3) is 7.00. The molecule has 2 aromatic heterocycles. The van der Waals surface area contributed by atoms with E-state index >= 15 is 0 Å². The molecule has 3 rings (SSSR count). The van der Waals surface area contributed by atoms with Crippen molar-refractivity contribution in [2.75, 3.05) is 25.4 Å². The van der Waals surface area contributed by atoms with Gasteiger partial charge in [-0.15, -0.1) is 11.3 Å². The Labute approximate surface area is 227 Å². The SMILES string of the molecule is CCNC(=O)/C(C#N)=C1\SCC(=O)N1CC.CCNC(=O)/C(C#N)=c1\sc(=Cc2cnc[nH]2)c(=O)n1CC. The first-order valence-corrected chi connectivity index (χ1v) is 13.6. The number of aromatic nitrogens is 3. The topological polar surface area (TPSA) is 177 Å². The molecule has 3 N–H and O–H groups in total. The molecule has 0 aromatic carbocycles. The van der Waals surface area contributed by atoms with E-state index in [1.165, 1.54) is 27.6 Å². The number of carbonyl (C=O) groups excluding carboxylic acids is 3. The van der Waals surface area contributed by atoms with Gasteiger partial charge in [-0.2, -0.15) is 10.5 Å². The van der Waals surface area contributed by atoms with Crippen molar-refractivity contribution in [1.29, 1.82) is 10.5 Å². The van der Waals surface area contributed by atoms with Crippen LogP contribution < -0.4 is 25.4 Å². The number of aromatic amines is 1. The van der Waals surface area contributed by atoms with Gasteiger partial charge in [0.25, 0.3) is 17.4 Å². The maximum absolute atomic E-state index is 12.4. The smallest absolute Gasteiger partial charge is 0.269 e. The molecular formula is C24H28N8O4S2. The van der Waals surface area contributed by atoms with Crippen molar-refractivity contribution in [1.82, 2.24) is 30.1 Å². The predicted octanol–water partition coefficient (Wildman–Crippen LogP) is -0.255. The standard InChI is InChI=1S/C14H15N5O2S.C10H13N3O2S/c1-3-17-12(20)10(6-15)14-19(4-2)13(21)11(22-14)5-9-7-16-8-18-9;1-3-12-9(15)7(5-11)10-13(4-2)8(14)6-16-10/h5,7-8H,3-4H2,1-2H3,(H,16,18)(H,17,20);3-4,6H2,1-2H3,(H,12,15)/b11-5?,14-10-;10-7-. The molecule has 3 amide bonds. The molecule has 0 bridgehead atoms. The summed E-state index contributed by atoms with van der Waals surface area (Å²) in [5.74, 6) is -0.643. The first-order valence-electron chi connectivity index (χ1n) is 11.8. The lowest BCUT2D eigenvalue weighted by atomic mass is 10.3. The van der Waals surface area contributed by atoms with Crippen molar-refractivity contribution in [3.63, 3.8) is 0 Å². The number of likely N-dealkylation sites (N-methyl/N-ethyl adjacent to an activating group) is 1. The van der Waals surface area contributed by atoms with E-state index in [4.69, 9.17) is 5.26 Å². The fourth-order valence-corrected chi connectivity index (χ4v) is 5.53. The Morgan fingerprint density at radius 1 is 1.08 bits per heavy atom. The van der Waals surface area contributed by atoms with Crippen LogP contribution in [0.25, 0.3) is 11.6 Å². The van der Waals surface area contributed by atoms with Crippen LogP contribution in [0.2, 0.25) is 0 Å². The van der Waals surface area contributed by atoms with E-state index in [1.807, 2.05) is 19.1 Å². The van der Waals surface area contributed by atoms with Gasteiger partial charge in [-0.3, -0.25) is 23.7 Å². The number of hydrogen-bond donors (Lipinski definition) is 3. The number of carbonyl (C=O) groups is 3. The fourth-order valence-electron chi connectivity index (χ4n) is 3.29. The summed E-state index contributed by atoms with van der Waals surface area (Å²) in [5, 5.41) is 23.9. The monoisotopic (exact) mass is 556 g/mol. The van der Waals surface area contributed by atoms with E-state index < -0.39 is 11.8 Å². The van der Waals surface area contributed by atoms with E-state index in [-0.39, 0.29) is 22.6 Å². The number of thiazole rings is 1. The van der Waals surface area contributed by atoms with Gasteiger partial charge in [0.1, 0.15) is 27.4 Å². The number of thioether (sulfide) groups is 1. The van der Waals surface area contributed by atoms with Crippen LogP contribution in [0.1, 0.15) is 33.4 Å². The van der Waals surface area contributed by atoms with Crippen molar-refractivity contribution < 1.29 is 14.4 Å². The van der Waals surface area contributed by atoms with Crippen molar-refractivity contribution in [2.24, 2.45) is 0 Å². The van der Waals surface area contributed by atoms with E-state index in [0.717, 1.165) is 11.3 Å². The normalized spacial score (nSPS) is 15.2. The summed E-state index contributed by atoms with van der Waals surface area (Å²) >= 11 is 2.37. The molecule has 0 spiro atoms. The van der Waals surface area contributed by atoms with Gasteiger partial charge in [-0.1, -0.05) is 11.8 Å². The average molecular weight is 557 g/mol. The number of amides is 3. The number of hydrogen-bond acceptors (Lipinski definition) is 9. The fraction of sp³-hybridized carbons (Fsp3) is 0.375. The molecule has 200 valence electrons. The molecule has 0 aliphatic carbocycles. The summed E-state index contributed by atoms with van der Waals surface area (Å²) in [6.07, 6.45) is 4.76. The molecule has 1 fully saturated rings. The Hall–Kier alpha value is -4.14. The Balaban J connectivity index is 0.000000281. The van der Waals surface area contributed by atoms with Crippen LogP contribution in [0.4, 0.5) is 0 Å². The van der Waals surface area contributed by atoms with Crippen molar-refractivity contribution in [3.8, 4) is 12.1 Å². The van der Waals surface area contributed by atoms with Crippen molar-refractivity contribution in [2.45, 2.75) is 34.2 Å². The number of rotatable bonds is 7. The van der Waals surface area contributed by atoms with E-state index in [0.29, 0.717) is 51.9 Å². The molecule has 1 saturated heterocycles. The lowest BCUT2D eigenvalue weighted by molar-refractivity contribution is -0.125. The Morgan fingerprint density at radius 3 is 2.21 bits per heavy atom. The number of nitriles is 2. The van der Waals surface area contributed by atoms with Crippen LogP contribution in [0.3, 0.4) is 0 Å². The van der Waals surface area contributed by atoms with Gasteiger partial charge in [-0.25, -0.2) is 4.98 Å². The summed E-state index contributed by atoms with van der Waals surface area (Å²) in [5.41, 5.74) is 0.438. The first-order chi connectivity index (χ1) is 18.3.